The van der Waals surface area contributed by atoms with Crippen LogP contribution in [0.4, 0.5) is 0 Å². The quantitative estimate of drug-likeness (QED) is 0.320. The van der Waals surface area contributed by atoms with Crippen molar-refractivity contribution in [3.8, 4) is 0 Å². The number of halogens is 1. The highest BCUT2D eigenvalue weighted by Crippen LogP contribution is 2.53. The highest BCUT2D eigenvalue weighted by Gasteiger charge is 2.53. The Morgan fingerprint density at radius 1 is 1.20 bits per heavy atom. The van der Waals surface area contributed by atoms with Crippen molar-refractivity contribution < 1.29 is 9.59 Å². The first kappa shape index (κ1) is 9.73. The van der Waals surface area contributed by atoms with Crippen LogP contribution in [0, 0.1) is 11.8 Å². The summed E-state index contributed by atoms with van der Waals surface area (Å²) >= 11 is 7.48. The maximum absolute atomic E-state index is 11.4. The summed E-state index contributed by atoms with van der Waals surface area (Å²) in [4.78, 5) is 22.8. The van der Waals surface area contributed by atoms with Gasteiger partial charge in [0.2, 0.25) is 11.8 Å². The highest BCUT2D eigenvalue weighted by molar-refractivity contribution is 7.98. The Balaban J connectivity index is 1.68. The molecule has 3 nitrogen and oxygen atoms in total. The van der Waals surface area contributed by atoms with Crippen molar-refractivity contribution in [2.75, 3.05) is 0 Å². The third-order valence-electron chi connectivity index (χ3n) is 3.28. The van der Waals surface area contributed by atoms with Gasteiger partial charge in [-0.15, -0.1) is 11.6 Å². The number of alkyl halides is 1. The van der Waals surface area contributed by atoms with E-state index in [4.69, 9.17) is 11.6 Å². The fraction of sp³-hybridized carbons (Fsp3) is 0.600. The normalized spacial score (nSPS) is 42.6. The van der Waals surface area contributed by atoms with E-state index in [0.29, 0.717) is 29.9 Å². The van der Waals surface area contributed by atoms with Crippen molar-refractivity contribution in [1.29, 1.82) is 0 Å². The zero-order valence-corrected chi connectivity index (χ0v) is 9.50. The Morgan fingerprint density at radius 3 is 2.20 bits per heavy atom. The summed E-state index contributed by atoms with van der Waals surface area (Å²) in [5.41, 5.74) is 0. The molecule has 2 unspecified atom stereocenters. The van der Waals surface area contributed by atoms with Crippen LogP contribution < -0.4 is 0 Å². The lowest BCUT2D eigenvalue weighted by Gasteiger charge is -2.41. The summed E-state index contributed by atoms with van der Waals surface area (Å²) < 4.78 is 1.33. The predicted octanol–water partition coefficient (Wildman–Crippen LogP) is 1.58. The SMILES string of the molecule is O=C1CCC(=O)N1SC1C2C=CC1C2Cl. The van der Waals surface area contributed by atoms with Crippen molar-refractivity contribution in [2.24, 2.45) is 11.8 Å². The molecule has 0 radical (unpaired) electrons. The molecule has 0 aromatic carbocycles. The maximum atomic E-state index is 11.4. The fourth-order valence-electron chi connectivity index (χ4n) is 2.35. The lowest BCUT2D eigenvalue weighted by Crippen LogP contribution is -2.46. The molecule has 2 fully saturated rings. The topological polar surface area (TPSA) is 37.4 Å². The van der Waals surface area contributed by atoms with Crippen LogP contribution in [0.5, 0.6) is 0 Å². The molecular weight excluding hydrogens is 234 g/mol. The minimum Gasteiger partial charge on any atom is -0.273 e. The Kier molecular flexibility index (Phi) is 2.11. The highest BCUT2D eigenvalue weighted by atomic mass is 35.5. The zero-order valence-electron chi connectivity index (χ0n) is 7.93. The monoisotopic (exact) mass is 243 g/mol. The second kappa shape index (κ2) is 3.25. The average Bonchev–Trinajstić information content (AvgIpc) is 2.87. The Hall–Kier alpha value is -0.480. The largest absolute Gasteiger partial charge is 0.273 e. The van der Waals surface area contributed by atoms with Gasteiger partial charge >= 0.3 is 0 Å². The van der Waals surface area contributed by atoms with Crippen LogP contribution in [-0.4, -0.2) is 26.7 Å². The first-order valence-electron chi connectivity index (χ1n) is 5.03. The summed E-state index contributed by atoms with van der Waals surface area (Å²) in [6.45, 7) is 0. The van der Waals surface area contributed by atoms with Gasteiger partial charge in [-0.25, -0.2) is 4.31 Å². The molecule has 4 rings (SSSR count). The van der Waals surface area contributed by atoms with Gasteiger partial charge in [0.25, 0.3) is 0 Å². The number of amides is 2. The zero-order chi connectivity index (χ0) is 10.6. The first-order chi connectivity index (χ1) is 7.18. The van der Waals surface area contributed by atoms with Gasteiger partial charge < -0.3 is 0 Å². The van der Waals surface area contributed by atoms with Crippen LogP contribution >= 0.6 is 23.5 Å². The smallest absolute Gasteiger partial charge is 0.239 e. The number of hydrogen-bond acceptors (Lipinski definition) is 3. The molecule has 2 atom stereocenters. The van der Waals surface area contributed by atoms with E-state index in [9.17, 15) is 9.59 Å². The minimum atomic E-state index is -0.0533. The lowest BCUT2D eigenvalue weighted by molar-refractivity contribution is -0.131. The van der Waals surface area contributed by atoms with Crippen molar-refractivity contribution in [3.63, 3.8) is 0 Å². The minimum absolute atomic E-state index is 0.0533. The third kappa shape index (κ3) is 1.27. The Morgan fingerprint density at radius 2 is 1.73 bits per heavy atom. The molecule has 2 amide bonds. The van der Waals surface area contributed by atoms with Gasteiger partial charge in [0.05, 0.1) is 0 Å². The summed E-state index contributed by atoms with van der Waals surface area (Å²) in [5.74, 6) is 0.565. The van der Waals surface area contributed by atoms with E-state index in [2.05, 4.69) is 12.2 Å². The second-order valence-electron chi connectivity index (χ2n) is 4.14. The van der Waals surface area contributed by atoms with E-state index in [-0.39, 0.29) is 17.2 Å². The van der Waals surface area contributed by atoms with Gasteiger partial charge in [0.15, 0.2) is 0 Å². The second-order valence-corrected chi connectivity index (χ2v) is 5.76. The van der Waals surface area contributed by atoms with E-state index < -0.39 is 0 Å². The number of allylic oxidation sites excluding steroid dienone is 2. The van der Waals surface area contributed by atoms with Crippen LogP contribution in [0.3, 0.4) is 0 Å². The van der Waals surface area contributed by atoms with Crippen LogP contribution in [0.1, 0.15) is 12.8 Å². The molecule has 3 aliphatic carbocycles. The van der Waals surface area contributed by atoms with E-state index in [0.717, 1.165) is 0 Å². The van der Waals surface area contributed by atoms with Gasteiger partial charge in [-0.2, -0.15) is 0 Å². The van der Waals surface area contributed by atoms with Crippen LogP contribution in [0.15, 0.2) is 12.2 Å². The number of carbonyl (C=O) groups excluding carboxylic acids is 2. The lowest BCUT2D eigenvalue weighted by atomic mass is 9.81. The molecule has 0 N–H and O–H groups in total. The molecular formula is C10H10ClNO2S. The van der Waals surface area contributed by atoms with Gasteiger partial charge in [0, 0.05) is 35.3 Å². The Bertz CT molecular complexity index is 340. The first-order valence-corrected chi connectivity index (χ1v) is 6.31. The average molecular weight is 244 g/mol. The number of imide groups is 1. The van der Waals surface area contributed by atoms with Crippen LogP contribution in [0.2, 0.25) is 0 Å². The van der Waals surface area contributed by atoms with Crippen molar-refractivity contribution >= 4 is 35.4 Å². The molecule has 1 saturated carbocycles. The van der Waals surface area contributed by atoms with Crippen molar-refractivity contribution in [1.82, 2.24) is 4.31 Å². The predicted molar refractivity (Wildman–Crippen MR) is 58.2 cm³/mol. The van der Waals surface area contributed by atoms with Gasteiger partial charge in [-0.1, -0.05) is 12.2 Å². The molecule has 1 saturated heterocycles. The molecule has 4 aliphatic rings. The van der Waals surface area contributed by atoms with Crippen molar-refractivity contribution in [2.45, 2.75) is 23.5 Å². The fourth-order valence-corrected chi connectivity index (χ4v) is 4.47. The van der Waals surface area contributed by atoms with Gasteiger partial charge in [-0.05, 0) is 11.9 Å². The summed E-state index contributed by atoms with van der Waals surface area (Å²) in [6.07, 6.45) is 4.94. The summed E-state index contributed by atoms with van der Waals surface area (Å²) in [5, 5.41) is 0.480. The molecule has 0 spiro atoms. The van der Waals surface area contributed by atoms with Crippen LogP contribution in [-0.2, 0) is 9.59 Å². The molecule has 80 valence electrons. The summed E-state index contributed by atoms with van der Waals surface area (Å²) in [7, 11) is 0. The van der Waals surface area contributed by atoms with E-state index in [1.54, 1.807) is 0 Å². The van der Waals surface area contributed by atoms with E-state index in [1.165, 1.54) is 16.3 Å². The van der Waals surface area contributed by atoms with E-state index >= 15 is 0 Å². The molecule has 0 aromatic rings. The number of hydrogen-bond donors (Lipinski definition) is 0. The van der Waals surface area contributed by atoms with Crippen molar-refractivity contribution in [3.05, 3.63) is 12.2 Å². The van der Waals surface area contributed by atoms with E-state index in [1.807, 2.05) is 0 Å². The van der Waals surface area contributed by atoms with Gasteiger partial charge in [0.1, 0.15) is 0 Å². The third-order valence-corrected chi connectivity index (χ3v) is 5.35. The molecule has 1 aliphatic heterocycles. The molecule has 2 bridgehead atoms. The Labute approximate surface area is 97.0 Å². The number of nitrogens with zero attached hydrogens (tertiary/aromatic N) is 1. The molecule has 5 heteroatoms. The summed E-state index contributed by atoms with van der Waals surface area (Å²) in [6, 6.07) is 0. The van der Waals surface area contributed by atoms with Crippen LogP contribution in [0.25, 0.3) is 0 Å². The standard InChI is InChI=1S/C10H10ClNO2S/c11-9-5-1-2-6(9)10(5)15-12-7(13)3-4-8(12)14/h1-2,5-6,9-10H,3-4H2. The van der Waals surface area contributed by atoms with Gasteiger partial charge in [-0.3, -0.25) is 9.59 Å². The maximum Gasteiger partial charge on any atom is 0.239 e. The molecule has 0 aromatic heterocycles. The molecule has 1 heterocycles. The number of carbonyl (C=O) groups is 2. The number of rotatable bonds is 2. The molecule has 15 heavy (non-hydrogen) atoms.